The van der Waals surface area contributed by atoms with Crippen molar-refractivity contribution < 1.29 is 18.6 Å². The Morgan fingerprint density at radius 2 is 1.14 bits per heavy atom. The van der Waals surface area contributed by atoms with E-state index in [4.69, 9.17) is 19.5 Å². The standard InChI is InChI=1S/C22H46NO4P/c1-2-3-4-5-6-7-8-9-10-11-12-13-14-15-16-17-22(24)25-20-21-27-28-26-19-18-23/h28H,2-21,23H2,1H3. The lowest BCUT2D eigenvalue weighted by atomic mass is 10.0. The van der Waals surface area contributed by atoms with Crippen LogP contribution in [0, 0.1) is 0 Å². The van der Waals surface area contributed by atoms with Gasteiger partial charge < -0.3 is 19.5 Å². The van der Waals surface area contributed by atoms with E-state index < -0.39 is 0 Å². The first-order valence-corrected chi connectivity index (χ1v) is 12.5. The highest BCUT2D eigenvalue weighted by atomic mass is 31.1. The Balaban J connectivity index is 3.11. The van der Waals surface area contributed by atoms with Crippen molar-refractivity contribution in [3.8, 4) is 0 Å². The van der Waals surface area contributed by atoms with E-state index >= 15 is 0 Å². The van der Waals surface area contributed by atoms with Crippen molar-refractivity contribution in [2.45, 2.75) is 110 Å². The zero-order valence-electron chi connectivity index (χ0n) is 18.4. The van der Waals surface area contributed by atoms with Gasteiger partial charge in [0, 0.05) is 13.0 Å². The van der Waals surface area contributed by atoms with E-state index in [1.807, 2.05) is 0 Å². The predicted octanol–water partition coefficient (Wildman–Crippen LogP) is 6.29. The lowest BCUT2D eigenvalue weighted by molar-refractivity contribution is -0.144. The van der Waals surface area contributed by atoms with Crippen LogP contribution >= 0.6 is 9.03 Å². The molecule has 0 bridgehead atoms. The van der Waals surface area contributed by atoms with Crippen molar-refractivity contribution in [1.29, 1.82) is 0 Å². The van der Waals surface area contributed by atoms with Crippen molar-refractivity contribution >= 4 is 15.0 Å². The van der Waals surface area contributed by atoms with Gasteiger partial charge in [-0.25, -0.2) is 0 Å². The number of unbranched alkanes of at least 4 members (excludes halogenated alkanes) is 14. The molecule has 28 heavy (non-hydrogen) atoms. The number of esters is 1. The number of hydrogen-bond donors (Lipinski definition) is 1. The average molecular weight is 420 g/mol. The largest absolute Gasteiger partial charge is 0.463 e. The number of rotatable bonds is 23. The van der Waals surface area contributed by atoms with E-state index in [1.165, 1.54) is 83.5 Å². The highest BCUT2D eigenvalue weighted by molar-refractivity contribution is 7.26. The quantitative estimate of drug-likeness (QED) is 0.120. The molecule has 0 aromatic carbocycles. The van der Waals surface area contributed by atoms with Gasteiger partial charge in [-0.3, -0.25) is 4.79 Å². The molecule has 0 aliphatic carbocycles. The maximum Gasteiger partial charge on any atom is 0.305 e. The van der Waals surface area contributed by atoms with E-state index in [0.717, 1.165) is 12.8 Å². The van der Waals surface area contributed by atoms with Crippen LogP contribution in [-0.2, 0) is 18.6 Å². The molecule has 2 N–H and O–H groups in total. The molecule has 6 heteroatoms. The van der Waals surface area contributed by atoms with Gasteiger partial charge in [0.2, 0.25) is 0 Å². The molecule has 0 aromatic heterocycles. The van der Waals surface area contributed by atoms with Crippen molar-refractivity contribution in [2.24, 2.45) is 5.73 Å². The van der Waals surface area contributed by atoms with Crippen molar-refractivity contribution in [2.75, 3.05) is 26.4 Å². The Labute approximate surface area is 175 Å². The molecule has 0 aliphatic heterocycles. The second kappa shape index (κ2) is 24.8. The summed E-state index contributed by atoms with van der Waals surface area (Å²) in [5.41, 5.74) is 5.29. The lowest BCUT2D eigenvalue weighted by Crippen LogP contribution is -2.09. The first-order chi connectivity index (χ1) is 13.8. The fraction of sp³-hybridized carbons (Fsp3) is 0.955. The fourth-order valence-electron chi connectivity index (χ4n) is 3.09. The second-order valence-corrected chi connectivity index (χ2v) is 8.23. The van der Waals surface area contributed by atoms with Crippen LogP contribution in [0.5, 0.6) is 0 Å². The first kappa shape index (κ1) is 27.8. The third kappa shape index (κ3) is 23.8. The Kier molecular flexibility index (Phi) is 24.6. The second-order valence-electron chi connectivity index (χ2n) is 7.49. The summed E-state index contributed by atoms with van der Waals surface area (Å²) in [6.45, 7) is 3.95. The van der Waals surface area contributed by atoms with E-state index in [0.29, 0.717) is 32.8 Å². The number of nitrogens with two attached hydrogens (primary N) is 1. The molecule has 1 atom stereocenters. The number of carbonyl (C=O) groups is 1. The van der Waals surface area contributed by atoms with Crippen molar-refractivity contribution in [1.82, 2.24) is 0 Å². The summed E-state index contributed by atoms with van der Waals surface area (Å²) in [5, 5.41) is 0. The summed E-state index contributed by atoms with van der Waals surface area (Å²) in [4.78, 5) is 11.6. The highest BCUT2D eigenvalue weighted by Gasteiger charge is 2.02. The molecular weight excluding hydrogens is 373 g/mol. The molecule has 0 saturated carbocycles. The summed E-state index contributed by atoms with van der Waals surface area (Å²) in [6.07, 6.45) is 20.5. The molecule has 0 amide bonds. The Morgan fingerprint density at radius 3 is 1.64 bits per heavy atom. The summed E-state index contributed by atoms with van der Waals surface area (Å²) in [7, 11) is -0.0296. The van der Waals surface area contributed by atoms with Crippen LogP contribution in [0.25, 0.3) is 0 Å². The van der Waals surface area contributed by atoms with Crippen LogP contribution in [0.2, 0.25) is 0 Å². The smallest absolute Gasteiger partial charge is 0.305 e. The molecule has 0 heterocycles. The molecule has 5 nitrogen and oxygen atoms in total. The minimum absolute atomic E-state index is 0.0296. The van der Waals surface area contributed by atoms with Gasteiger partial charge in [0.05, 0.1) is 13.2 Å². The van der Waals surface area contributed by atoms with Crippen LogP contribution in [0.3, 0.4) is 0 Å². The van der Waals surface area contributed by atoms with Crippen LogP contribution in [0.15, 0.2) is 0 Å². The van der Waals surface area contributed by atoms with Gasteiger partial charge in [-0.05, 0) is 6.42 Å². The molecule has 0 aromatic rings. The number of hydrogen-bond acceptors (Lipinski definition) is 5. The molecule has 0 saturated heterocycles. The minimum atomic E-state index is -0.121. The highest BCUT2D eigenvalue weighted by Crippen LogP contribution is 2.14. The van der Waals surface area contributed by atoms with Crippen LogP contribution in [0.4, 0.5) is 0 Å². The van der Waals surface area contributed by atoms with E-state index in [2.05, 4.69) is 6.92 Å². The van der Waals surface area contributed by atoms with E-state index in [1.54, 1.807) is 0 Å². The normalized spacial score (nSPS) is 11.5. The maximum absolute atomic E-state index is 11.6. The Morgan fingerprint density at radius 1 is 0.679 bits per heavy atom. The zero-order chi connectivity index (χ0) is 20.5. The average Bonchev–Trinajstić information content (AvgIpc) is 2.70. The van der Waals surface area contributed by atoms with Crippen molar-refractivity contribution in [3.05, 3.63) is 0 Å². The SMILES string of the molecule is CCCCCCCCCCCCCCCCCC(=O)OCCOPOCCN. The lowest BCUT2D eigenvalue weighted by Gasteiger charge is -2.06. The van der Waals surface area contributed by atoms with Crippen LogP contribution in [-0.4, -0.2) is 32.3 Å². The van der Waals surface area contributed by atoms with Gasteiger partial charge >= 0.3 is 5.97 Å². The van der Waals surface area contributed by atoms with Gasteiger partial charge in [0.15, 0.2) is 9.03 Å². The van der Waals surface area contributed by atoms with Crippen LogP contribution < -0.4 is 5.73 Å². The molecule has 0 fully saturated rings. The van der Waals surface area contributed by atoms with Gasteiger partial charge in [-0.15, -0.1) is 0 Å². The molecular formula is C22H46NO4P. The molecule has 0 aliphatic rings. The summed E-state index contributed by atoms with van der Waals surface area (Å²) >= 11 is 0. The predicted molar refractivity (Wildman–Crippen MR) is 120 cm³/mol. The zero-order valence-corrected chi connectivity index (χ0v) is 19.4. The molecule has 0 spiro atoms. The Bertz CT molecular complexity index is 319. The molecule has 0 radical (unpaired) electrons. The molecule has 168 valence electrons. The molecule has 1 unspecified atom stereocenters. The van der Waals surface area contributed by atoms with E-state index in [9.17, 15) is 4.79 Å². The van der Waals surface area contributed by atoms with Crippen molar-refractivity contribution in [3.63, 3.8) is 0 Å². The third-order valence-corrected chi connectivity index (χ3v) is 5.41. The van der Waals surface area contributed by atoms with Gasteiger partial charge in [0.1, 0.15) is 6.61 Å². The Hall–Kier alpha value is -0.220. The number of ether oxygens (including phenoxy) is 1. The molecule has 0 rings (SSSR count). The van der Waals surface area contributed by atoms with Crippen LogP contribution in [0.1, 0.15) is 110 Å². The number of carbonyl (C=O) groups excluding carboxylic acids is 1. The van der Waals surface area contributed by atoms with Gasteiger partial charge in [-0.1, -0.05) is 96.8 Å². The third-order valence-electron chi connectivity index (χ3n) is 4.77. The van der Waals surface area contributed by atoms with Gasteiger partial charge in [0.25, 0.3) is 0 Å². The maximum atomic E-state index is 11.6. The van der Waals surface area contributed by atoms with Gasteiger partial charge in [-0.2, -0.15) is 0 Å². The van der Waals surface area contributed by atoms with E-state index in [-0.39, 0.29) is 15.0 Å². The first-order valence-electron chi connectivity index (χ1n) is 11.7. The summed E-state index contributed by atoms with van der Waals surface area (Å²) in [5.74, 6) is -0.121. The fourth-order valence-corrected chi connectivity index (χ4v) is 3.55. The topological polar surface area (TPSA) is 70.8 Å². The monoisotopic (exact) mass is 419 g/mol. The summed E-state index contributed by atoms with van der Waals surface area (Å²) < 4.78 is 15.4. The summed E-state index contributed by atoms with van der Waals surface area (Å²) in [6, 6.07) is 0. The minimum Gasteiger partial charge on any atom is -0.463 e.